The van der Waals surface area contributed by atoms with Crippen LogP contribution in [0.4, 0.5) is 5.69 Å². The van der Waals surface area contributed by atoms with E-state index in [9.17, 15) is 0 Å². The first kappa shape index (κ1) is 10.6. The predicted molar refractivity (Wildman–Crippen MR) is 56.6 cm³/mol. The standard InChI is InChI=1S/C8H6Cl2N4/c9-5-1-6(10)3-7(2-5)14-8(12)13-4-11/h1-3H,(H3,12,13,14). The monoisotopic (exact) mass is 228 g/mol. The largest absolute Gasteiger partial charge is 0.326 e. The molecule has 0 amide bonds. The van der Waals surface area contributed by atoms with Crippen molar-refractivity contribution in [2.75, 3.05) is 5.32 Å². The molecule has 1 aromatic rings. The van der Waals surface area contributed by atoms with Crippen molar-refractivity contribution in [3.8, 4) is 6.19 Å². The number of hydrogen-bond acceptors (Lipinski definition) is 2. The summed E-state index contributed by atoms with van der Waals surface area (Å²) in [6, 6.07) is 4.78. The van der Waals surface area contributed by atoms with Crippen LogP contribution in [-0.4, -0.2) is 5.96 Å². The van der Waals surface area contributed by atoms with E-state index in [2.05, 4.69) is 10.6 Å². The molecule has 4 nitrogen and oxygen atoms in total. The molecule has 0 heterocycles. The topological polar surface area (TPSA) is 71.7 Å². The van der Waals surface area contributed by atoms with Gasteiger partial charge in [0.05, 0.1) is 0 Å². The number of benzene rings is 1. The van der Waals surface area contributed by atoms with E-state index in [4.69, 9.17) is 33.9 Å². The van der Waals surface area contributed by atoms with Crippen molar-refractivity contribution in [1.29, 1.82) is 10.7 Å². The molecule has 0 aliphatic heterocycles. The van der Waals surface area contributed by atoms with Gasteiger partial charge in [-0.05, 0) is 18.2 Å². The molecule has 0 saturated carbocycles. The molecule has 0 aliphatic rings. The van der Waals surface area contributed by atoms with Crippen LogP contribution in [0.5, 0.6) is 0 Å². The number of nitrogens with one attached hydrogen (secondary N) is 3. The number of halogens is 2. The van der Waals surface area contributed by atoms with Gasteiger partial charge in [0, 0.05) is 15.7 Å². The fourth-order valence-corrected chi connectivity index (χ4v) is 1.38. The molecular weight excluding hydrogens is 223 g/mol. The van der Waals surface area contributed by atoms with E-state index in [0.29, 0.717) is 15.7 Å². The maximum absolute atomic E-state index is 8.23. The number of guanidine groups is 1. The van der Waals surface area contributed by atoms with Gasteiger partial charge in [0.1, 0.15) is 0 Å². The molecule has 1 aromatic carbocycles. The minimum atomic E-state index is -0.133. The molecular formula is C8H6Cl2N4. The first-order valence-electron chi connectivity index (χ1n) is 3.58. The van der Waals surface area contributed by atoms with E-state index in [1.165, 1.54) is 0 Å². The van der Waals surface area contributed by atoms with Gasteiger partial charge in [-0.2, -0.15) is 5.26 Å². The second kappa shape index (κ2) is 4.70. The lowest BCUT2D eigenvalue weighted by Crippen LogP contribution is -2.24. The van der Waals surface area contributed by atoms with Gasteiger partial charge in [-0.25, -0.2) is 0 Å². The number of rotatable bonds is 1. The van der Waals surface area contributed by atoms with Crippen LogP contribution in [0.1, 0.15) is 0 Å². The number of anilines is 1. The lowest BCUT2D eigenvalue weighted by atomic mass is 10.3. The minimum absolute atomic E-state index is 0.133. The summed E-state index contributed by atoms with van der Waals surface area (Å²) in [6.45, 7) is 0. The zero-order valence-corrected chi connectivity index (χ0v) is 8.45. The molecule has 3 N–H and O–H groups in total. The zero-order chi connectivity index (χ0) is 10.6. The van der Waals surface area contributed by atoms with Gasteiger partial charge in [-0.1, -0.05) is 23.2 Å². The first-order valence-corrected chi connectivity index (χ1v) is 4.34. The average Bonchev–Trinajstić information content (AvgIpc) is 2.01. The Hall–Kier alpha value is -1.44. The van der Waals surface area contributed by atoms with E-state index >= 15 is 0 Å². The van der Waals surface area contributed by atoms with Crippen LogP contribution in [0.15, 0.2) is 18.2 Å². The Labute approximate surface area is 90.9 Å². The van der Waals surface area contributed by atoms with Gasteiger partial charge in [-0.15, -0.1) is 0 Å². The molecule has 1 rings (SSSR count). The summed E-state index contributed by atoms with van der Waals surface area (Å²) >= 11 is 11.5. The third-order valence-electron chi connectivity index (χ3n) is 1.31. The Bertz CT molecular complexity index is 377. The Morgan fingerprint density at radius 2 is 1.86 bits per heavy atom. The van der Waals surface area contributed by atoms with Crippen LogP contribution in [-0.2, 0) is 0 Å². The summed E-state index contributed by atoms with van der Waals surface area (Å²) in [7, 11) is 0. The molecule has 0 fully saturated rings. The van der Waals surface area contributed by atoms with Crippen LogP contribution < -0.4 is 10.6 Å². The molecule has 0 spiro atoms. The summed E-state index contributed by atoms with van der Waals surface area (Å²) in [6.07, 6.45) is 1.61. The Kier molecular flexibility index (Phi) is 3.57. The van der Waals surface area contributed by atoms with E-state index in [1.54, 1.807) is 24.4 Å². The van der Waals surface area contributed by atoms with E-state index in [0.717, 1.165) is 0 Å². The molecule has 0 unspecified atom stereocenters. The number of nitrogens with zero attached hydrogens (tertiary/aromatic N) is 1. The molecule has 0 radical (unpaired) electrons. The average molecular weight is 229 g/mol. The van der Waals surface area contributed by atoms with Crippen LogP contribution in [0.25, 0.3) is 0 Å². The van der Waals surface area contributed by atoms with Crippen LogP contribution in [0, 0.1) is 16.9 Å². The molecule has 0 atom stereocenters. The maximum Gasteiger partial charge on any atom is 0.206 e. The second-order valence-electron chi connectivity index (χ2n) is 2.39. The van der Waals surface area contributed by atoms with Gasteiger partial charge in [0.2, 0.25) is 5.96 Å². The van der Waals surface area contributed by atoms with Gasteiger partial charge >= 0.3 is 0 Å². The van der Waals surface area contributed by atoms with E-state index in [1.807, 2.05) is 0 Å². The summed E-state index contributed by atoms with van der Waals surface area (Å²) in [4.78, 5) is 0. The fourth-order valence-electron chi connectivity index (χ4n) is 0.857. The highest BCUT2D eigenvalue weighted by Gasteiger charge is 1.99. The molecule has 72 valence electrons. The van der Waals surface area contributed by atoms with Crippen molar-refractivity contribution >= 4 is 34.8 Å². The summed E-state index contributed by atoms with van der Waals surface area (Å²) in [5.74, 6) is -0.133. The summed E-state index contributed by atoms with van der Waals surface area (Å²) in [5.41, 5.74) is 0.551. The van der Waals surface area contributed by atoms with Crippen LogP contribution >= 0.6 is 23.2 Å². The van der Waals surface area contributed by atoms with Gasteiger partial charge in [0.15, 0.2) is 6.19 Å². The zero-order valence-electron chi connectivity index (χ0n) is 6.94. The summed E-state index contributed by atoms with van der Waals surface area (Å²) < 4.78 is 0. The van der Waals surface area contributed by atoms with E-state index < -0.39 is 0 Å². The van der Waals surface area contributed by atoms with Gasteiger partial charge in [0.25, 0.3) is 0 Å². The van der Waals surface area contributed by atoms with Crippen molar-refractivity contribution in [2.45, 2.75) is 0 Å². The number of hydrogen-bond donors (Lipinski definition) is 3. The first-order chi connectivity index (χ1) is 6.61. The van der Waals surface area contributed by atoms with Crippen LogP contribution in [0.2, 0.25) is 10.0 Å². The fraction of sp³-hybridized carbons (Fsp3) is 0. The van der Waals surface area contributed by atoms with Crippen LogP contribution in [0.3, 0.4) is 0 Å². The Morgan fingerprint density at radius 1 is 1.29 bits per heavy atom. The normalized spacial score (nSPS) is 8.93. The smallest absolute Gasteiger partial charge is 0.206 e. The molecule has 6 heteroatoms. The van der Waals surface area contributed by atoms with Crippen molar-refractivity contribution < 1.29 is 0 Å². The molecule has 0 aromatic heterocycles. The molecule has 0 bridgehead atoms. The highest BCUT2D eigenvalue weighted by Crippen LogP contribution is 2.22. The Balaban J connectivity index is 2.77. The van der Waals surface area contributed by atoms with Crippen molar-refractivity contribution in [3.05, 3.63) is 28.2 Å². The summed E-state index contributed by atoms with van der Waals surface area (Å²) in [5, 5.41) is 21.1. The Morgan fingerprint density at radius 3 is 2.36 bits per heavy atom. The third kappa shape index (κ3) is 3.13. The van der Waals surface area contributed by atoms with Gasteiger partial charge < -0.3 is 5.32 Å². The predicted octanol–water partition coefficient (Wildman–Crippen LogP) is 2.41. The lowest BCUT2D eigenvalue weighted by molar-refractivity contribution is 1.21. The van der Waals surface area contributed by atoms with Crippen molar-refractivity contribution in [2.24, 2.45) is 0 Å². The van der Waals surface area contributed by atoms with Gasteiger partial charge in [-0.3, -0.25) is 10.7 Å². The minimum Gasteiger partial charge on any atom is -0.326 e. The van der Waals surface area contributed by atoms with Crippen molar-refractivity contribution in [3.63, 3.8) is 0 Å². The maximum atomic E-state index is 8.23. The van der Waals surface area contributed by atoms with Crippen molar-refractivity contribution in [1.82, 2.24) is 5.32 Å². The highest BCUT2D eigenvalue weighted by molar-refractivity contribution is 6.35. The molecule has 0 aliphatic carbocycles. The second-order valence-corrected chi connectivity index (χ2v) is 3.27. The van der Waals surface area contributed by atoms with E-state index in [-0.39, 0.29) is 5.96 Å². The SMILES string of the molecule is N#CNC(=N)Nc1cc(Cl)cc(Cl)c1. The number of nitriles is 1. The molecule has 0 saturated heterocycles. The lowest BCUT2D eigenvalue weighted by Gasteiger charge is -2.06. The quantitative estimate of drug-likeness (QED) is 0.299. The third-order valence-corrected chi connectivity index (χ3v) is 1.75. The molecule has 14 heavy (non-hydrogen) atoms. The highest BCUT2D eigenvalue weighted by atomic mass is 35.5.